The van der Waals surface area contributed by atoms with E-state index in [0.29, 0.717) is 16.8 Å². The number of carbonyl (C=O) groups excluding carboxylic acids is 2. The van der Waals surface area contributed by atoms with Crippen molar-refractivity contribution in [2.75, 3.05) is 11.9 Å². The Morgan fingerprint density at radius 1 is 1.04 bits per heavy atom. The Bertz CT molecular complexity index is 756. The smallest absolute Gasteiger partial charge is 0.252 e. The van der Waals surface area contributed by atoms with Gasteiger partial charge in [0.25, 0.3) is 5.91 Å². The quantitative estimate of drug-likeness (QED) is 0.856. The van der Waals surface area contributed by atoms with E-state index in [1.807, 2.05) is 0 Å². The van der Waals surface area contributed by atoms with E-state index in [9.17, 15) is 14.0 Å². The van der Waals surface area contributed by atoms with Gasteiger partial charge in [-0.3, -0.25) is 9.59 Å². The number of halogens is 1. The molecule has 23 heavy (non-hydrogen) atoms. The summed E-state index contributed by atoms with van der Waals surface area (Å²) >= 11 is 0. The van der Waals surface area contributed by atoms with Gasteiger partial charge in [-0.15, -0.1) is 0 Å². The third-order valence-electron chi connectivity index (χ3n) is 2.88. The predicted molar refractivity (Wildman–Crippen MR) is 86.4 cm³/mol. The Hall–Kier alpha value is -3.13. The minimum atomic E-state index is -0.313. The van der Waals surface area contributed by atoms with Crippen molar-refractivity contribution in [3.8, 4) is 11.8 Å². The van der Waals surface area contributed by atoms with Crippen molar-refractivity contribution in [2.24, 2.45) is 0 Å². The molecule has 2 aromatic carbocycles. The summed E-state index contributed by atoms with van der Waals surface area (Å²) in [6.07, 6.45) is 0. The lowest BCUT2D eigenvalue weighted by atomic mass is 10.2. The molecule has 116 valence electrons. The molecule has 4 nitrogen and oxygen atoms in total. The van der Waals surface area contributed by atoms with E-state index in [-0.39, 0.29) is 24.2 Å². The van der Waals surface area contributed by atoms with E-state index in [1.165, 1.54) is 19.1 Å². The topological polar surface area (TPSA) is 58.2 Å². The number of anilines is 1. The van der Waals surface area contributed by atoms with Gasteiger partial charge in [0.05, 0.1) is 6.54 Å². The molecular formula is C18H15FN2O2. The first-order valence-corrected chi connectivity index (χ1v) is 6.95. The van der Waals surface area contributed by atoms with Crippen LogP contribution >= 0.6 is 0 Å². The highest BCUT2D eigenvalue weighted by atomic mass is 19.1. The van der Waals surface area contributed by atoms with E-state index in [2.05, 4.69) is 22.5 Å². The van der Waals surface area contributed by atoms with E-state index < -0.39 is 0 Å². The second-order valence-corrected chi connectivity index (χ2v) is 4.75. The van der Waals surface area contributed by atoms with Gasteiger partial charge >= 0.3 is 0 Å². The van der Waals surface area contributed by atoms with Crippen molar-refractivity contribution in [1.82, 2.24) is 5.32 Å². The molecule has 2 N–H and O–H groups in total. The summed E-state index contributed by atoms with van der Waals surface area (Å²) in [6, 6.07) is 12.4. The van der Waals surface area contributed by atoms with Crippen molar-refractivity contribution in [3.05, 3.63) is 65.5 Å². The lowest BCUT2D eigenvalue weighted by Gasteiger charge is -2.04. The second-order valence-electron chi connectivity index (χ2n) is 4.75. The molecule has 0 spiro atoms. The summed E-state index contributed by atoms with van der Waals surface area (Å²) < 4.78 is 12.7. The molecule has 0 aliphatic rings. The van der Waals surface area contributed by atoms with E-state index in [1.54, 1.807) is 36.4 Å². The average molecular weight is 310 g/mol. The third-order valence-corrected chi connectivity index (χ3v) is 2.88. The summed E-state index contributed by atoms with van der Waals surface area (Å²) in [7, 11) is 0. The minimum absolute atomic E-state index is 0.168. The molecule has 5 heteroatoms. The number of hydrogen-bond donors (Lipinski definition) is 2. The lowest BCUT2D eigenvalue weighted by Crippen LogP contribution is -2.23. The Balaban J connectivity index is 1.87. The van der Waals surface area contributed by atoms with Crippen LogP contribution < -0.4 is 10.6 Å². The monoisotopic (exact) mass is 310 g/mol. The Morgan fingerprint density at radius 3 is 2.30 bits per heavy atom. The molecule has 0 heterocycles. The van der Waals surface area contributed by atoms with Crippen LogP contribution in [-0.4, -0.2) is 18.4 Å². The number of nitrogens with one attached hydrogen (secondary N) is 2. The van der Waals surface area contributed by atoms with Gasteiger partial charge in [-0.1, -0.05) is 11.8 Å². The molecule has 0 aromatic heterocycles. The number of rotatable bonds is 3. The van der Waals surface area contributed by atoms with Gasteiger partial charge in [-0.25, -0.2) is 4.39 Å². The first kappa shape index (κ1) is 16.2. The van der Waals surface area contributed by atoms with Gasteiger partial charge in [0.15, 0.2) is 0 Å². The minimum Gasteiger partial charge on any atom is -0.341 e. The van der Waals surface area contributed by atoms with Crippen LogP contribution in [0.25, 0.3) is 0 Å². The Labute approximate surface area is 133 Å². The fourth-order valence-corrected chi connectivity index (χ4v) is 1.81. The van der Waals surface area contributed by atoms with Crippen LogP contribution in [0, 0.1) is 17.7 Å². The van der Waals surface area contributed by atoms with Crippen LogP contribution in [0.15, 0.2) is 48.5 Å². The summed E-state index contributed by atoms with van der Waals surface area (Å²) in [5, 5.41) is 5.29. The maximum absolute atomic E-state index is 12.7. The molecule has 0 aliphatic carbocycles. The van der Waals surface area contributed by atoms with Crippen LogP contribution in [0.4, 0.5) is 10.1 Å². The summed E-state index contributed by atoms with van der Waals surface area (Å²) in [6.45, 7) is 1.60. The first-order valence-electron chi connectivity index (χ1n) is 6.95. The average Bonchev–Trinajstić information content (AvgIpc) is 2.53. The van der Waals surface area contributed by atoms with Crippen LogP contribution in [0.2, 0.25) is 0 Å². The van der Waals surface area contributed by atoms with Crippen LogP contribution in [0.3, 0.4) is 0 Å². The molecule has 0 atom stereocenters. The largest absolute Gasteiger partial charge is 0.341 e. The second kappa shape index (κ2) is 7.76. The molecule has 0 saturated carbocycles. The van der Waals surface area contributed by atoms with E-state index in [4.69, 9.17) is 0 Å². The van der Waals surface area contributed by atoms with Gasteiger partial charge in [-0.05, 0) is 48.5 Å². The van der Waals surface area contributed by atoms with E-state index in [0.717, 1.165) is 0 Å². The molecule has 2 aromatic rings. The van der Waals surface area contributed by atoms with Crippen molar-refractivity contribution in [2.45, 2.75) is 6.92 Å². The number of carbonyl (C=O) groups is 2. The number of hydrogen-bond acceptors (Lipinski definition) is 2. The number of amides is 2. The standard InChI is InChI=1S/C18H15FN2O2/c1-13(22)21-17-10-6-15(7-11-17)18(23)20-12-2-3-14-4-8-16(19)9-5-14/h4-11H,12H2,1H3,(H,20,23)(H,21,22). The number of benzene rings is 2. The van der Waals surface area contributed by atoms with Crippen LogP contribution in [0.1, 0.15) is 22.8 Å². The molecule has 2 amide bonds. The summed E-state index contributed by atoms with van der Waals surface area (Å²) in [5.74, 6) is 4.89. The fourth-order valence-electron chi connectivity index (χ4n) is 1.81. The van der Waals surface area contributed by atoms with Crippen molar-refractivity contribution < 1.29 is 14.0 Å². The Kier molecular flexibility index (Phi) is 5.48. The van der Waals surface area contributed by atoms with Crippen molar-refractivity contribution in [1.29, 1.82) is 0 Å². The molecule has 0 aliphatic heterocycles. The highest BCUT2D eigenvalue weighted by Gasteiger charge is 2.04. The van der Waals surface area contributed by atoms with Gasteiger partial charge in [0.2, 0.25) is 5.91 Å². The maximum Gasteiger partial charge on any atom is 0.252 e. The molecule has 0 saturated heterocycles. The van der Waals surface area contributed by atoms with Gasteiger partial charge < -0.3 is 10.6 Å². The summed E-state index contributed by atoms with van der Waals surface area (Å²) in [4.78, 5) is 22.8. The zero-order valence-electron chi connectivity index (χ0n) is 12.5. The highest BCUT2D eigenvalue weighted by Crippen LogP contribution is 2.09. The predicted octanol–water partition coefficient (Wildman–Crippen LogP) is 2.57. The fraction of sp³-hybridized carbons (Fsp3) is 0.111. The molecule has 0 bridgehead atoms. The van der Waals surface area contributed by atoms with Crippen LogP contribution in [0.5, 0.6) is 0 Å². The normalized spacial score (nSPS) is 9.48. The first-order chi connectivity index (χ1) is 11.0. The van der Waals surface area contributed by atoms with Crippen molar-refractivity contribution >= 4 is 17.5 Å². The SMILES string of the molecule is CC(=O)Nc1ccc(C(=O)NCC#Cc2ccc(F)cc2)cc1. The van der Waals surface area contributed by atoms with Crippen molar-refractivity contribution in [3.63, 3.8) is 0 Å². The van der Waals surface area contributed by atoms with Gasteiger partial charge in [-0.2, -0.15) is 0 Å². The molecule has 0 radical (unpaired) electrons. The Morgan fingerprint density at radius 2 is 1.70 bits per heavy atom. The molecule has 0 fully saturated rings. The molecule has 0 unspecified atom stereocenters. The third kappa shape index (κ3) is 5.29. The molecule has 2 rings (SSSR count). The molecular weight excluding hydrogens is 295 g/mol. The zero-order valence-corrected chi connectivity index (χ0v) is 12.5. The summed E-state index contributed by atoms with van der Waals surface area (Å²) in [5.41, 5.74) is 1.79. The highest BCUT2D eigenvalue weighted by molar-refractivity contribution is 5.95. The van der Waals surface area contributed by atoms with E-state index >= 15 is 0 Å². The van der Waals surface area contributed by atoms with Gasteiger partial charge in [0.1, 0.15) is 5.82 Å². The van der Waals surface area contributed by atoms with Crippen LogP contribution in [-0.2, 0) is 4.79 Å². The maximum atomic E-state index is 12.7. The zero-order chi connectivity index (χ0) is 16.7. The van der Waals surface area contributed by atoms with Gasteiger partial charge in [0, 0.05) is 23.7 Å². The lowest BCUT2D eigenvalue weighted by molar-refractivity contribution is -0.114.